The van der Waals surface area contributed by atoms with Gasteiger partial charge in [-0.2, -0.15) is 0 Å². The maximum Gasteiger partial charge on any atom is 0.258 e. The Morgan fingerprint density at radius 3 is 2.71 bits per heavy atom. The smallest absolute Gasteiger partial charge is 0.258 e. The molecule has 72 valence electrons. The third-order valence-electron chi connectivity index (χ3n) is 2.50. The second kappa shape index (κ2) is 2.87. The SMILES string of the molecule is Cc1cc2c(O)cccc2c(=O)n1C. The fourth-order valence-corrected chi connectivity index (χ4v) is 1.54. The molecule has 3 nitrogen and oxygen atoms in total. The Kier molecular flexibility index (Phi) is 1.81. The van der Waals surface area contributed by atoms with E-state index >= 15 is 0 Å². The predicted octanol–water partition coefficient (Wildman–Crippen LogP) is 1.55. The van der Waals surface area contributed by atoms with Gasteiger partial charge in [0.05, 0.1) is 5.39 Å². The molecule has 2 rings (SSSR count). The van der Waals surface area contributed by atoms with E-state index in [4.69, 9.17) is 0 Å². The number of hydrogen-bond acceptors (Lipinski definition) is 2. The van der Waals surface area contributed by atoms with Crippen LogP contribution in [0.15, 0.2) is 29.1 Å². The van der Waals surface area contributed by atoms with Gasteiger partial charge >= 0.3 is 0 Å². The molecule has 2 aromatic rings. The van der Waals surface area contributed by atoms with E-state index in [9.17, 15) is 9.90 Å². The van der Waals surface area contributed by atoms with Crippen molar-refractivity contribution in [3.8, 4) is 5.75 Å². The summed E-state index contributed by atoms with van der Waals surface area (Å²) in [6.45, 7) is 1.84. The molecule has 1 heterocycles. The van der Waals surface area contributed by atoms with E-state index in [1.54, 1.807) is 29.8 Å². The average Bonchev–Trinajstić information content (AvgIpc) is 2.17. The van der Waals surface area contributed by atoms with Gasteiger partial charge in [-0.05, 0) is 25.1 Å². The van der Waals surface area contributed by atoms with Crippen molar-refractivity contribution in [2.24, 2.45) is 7.05 Å². The number of fused-ring (bicyclic) bond motifs is 1. The van der Waals surface area contributed by atoms with Crippen LogP contribution in [0, 0.1) is 6.92 Å². The normalized spacial score (nSPS) is 10.7. The van der Waals surface area contributed by atoms with E-state index in [1.165, 1.54) is 0 Å². The van der Waals surface area contributed by atoms with Crippen molar-refractivity contribution in [3.05, 3.63) is 40.3 Å². The summed E-state index contributed by atoms with van der Waals surface area (Å²) in [7, 11) is 1.72. The Labute approximate surface area is 81.2 Å². The van der Waals surface area contributed by atoms with E-state index in [-0.39, 0.29) is 11.3 Å². The largest absolute Gasteiger partial charge is 0.507 e. The zero-order chi connectivity index (χ0) is 10.3. The van der Waals surface area contributed by atoms with Crippen LogP contribution in [0.25, 0.3) is 10.8 Å². The molecule has 1 aromatic carbocycles. The third kappa shape index (κ3) is 1.09. The first-order valence-electron chi connectivity index (χ1n) is 4.39. The number of pyridine rings is 1. The lowest BCUT2D eigenvalue weighted by molar-refractivity contribution is 0.481. The van der Waals surface area contributed by atoms with Gasteiger partial charge in [-0.15, -0.1) is 0 Å². The minimum atomic E-state index is -0.0732. The molecule has 1 aromatic heterocycles. The Morgan fingerprint density at radius 1 is 1.29 bits per heavy atom. The number of rotatable bonds is 0. The van der Waals surface area contributed by atoms with Crippen LogP contribution in [0.4, 0.5) is 0 Å². The van der Waals surface area contributed by atoms with E-state index in [0.717, 1.165) is 5.69 Å². The molecule has 0 aliphatic rings. The summed E-state index contributed by atoms with van der Waals surface area (Å²) in [4.78, 5) is 11.8. The van der Waals surface area contributed by atoms with Crippen molar-refractivity contribution in [2.45, 2.75) is 6.92 Å². The molecule has 0 unspecified atom stereocenters. The molecule has 0 saturated carbocycles. The molecule has 0 radical (unpaired) electrons. The minimum absolute atomic E-state index is 0.0732. The number of nitrogens with zero attached hydrogens (tertiary/aromatic N) is 1. The van der Waals surface area contributed by atoms with Gasteiger partial charge in [0.25, 0.3) is 5.56 Å². The lowest BCUT2D eigenvalue weighted by atomic mass is 10.1. The predicted molar refractivity (Wildman–Crippen MR) is 55.6 cm³/mol. The molecule has 0 spiro atoms. The van der Waals surface area contributed by atoms with Gasteiger partial charge in [-0.25, -0.2) is 0 Å². The first-order chi connectivity index (χ1) is 6.61. The summed E-state index contributed by atoms with van der Waals surface area (Å²) >= 11 is 0. The summed E-state index contributed by atoms with van der Waals surface area (Å²) in [5.74, 6) is 0.156. The van der Waals surface area contributed by atoms with Crippen molar-refractivity contribution < 1.29 is 5.11 Å². The molecule has 0 aliphatic heterocycles. The van der Waals surface area contributed by atoms with E-state index in [2.05, 4.69) is 0 Å². The fraction of sp³-hybridized carbons (Fsp3) is 0.182. The Hall–Kier alpha value is -1.77. The molecular formula is C11H11NO2. The maximum absolute atomic E-state index is 11.8. The van der Waals surface area contributed by atoms with Crippen molar-refractivity contribution in [3.63, 3.8) is 0 Å². The van der Waals surface area contributed by atoms with Gasteiger partial charge in [-0.3, -0.25) is 4.79 Å². The van der Waals surface area contributed by atoms with Crippen LogP contribution in [0.3, 0.4) is 0 Å². The molecule has 0 atom stereocenters. The summed E-state index contributed by atoms with van der Waals surface area (Å²) < 4.78 is 1.57. The number of aromatic hydroxyl groups is 1. The molecular weight excluding hydrogens is 178 g/mol. The Balaban J connectivity index is 3.06. The van der Waals surface area contributed by atoms with Crippen molar-refractivity contribution in [2.75, 3.05) is 0 Å². The quantitative estimate of drug-likeness (QED) is 0.683. The zero-order valence-corrected chi connectivity index (χ0v) is 8.11. The molecule has 0 amide bonds. The summed E-state index contributed by atoms with van der Waals surface area (Å²) in [6.07, 6.45) is 0. The Bertz CT molecular complexity index is 555. The molecule has 0 saturated heterocycles. The van der Waals surface area contributed by atoms with Gasteiger partial charge in [0.1, 0.15) is 5.75 Å². The monoisotopic (exact) mass is 189 g/mol. The van der Waals surface area contributed by atoms with Crippen LogP contribution in [0.5, 0.6) is 5.75 Å². The van der Waals surface area contributed by atoms with Crippen LogP contribution < -0.4 is 5.56 Å². The highest BCUT2D eigenvalue weighted by Gasteiger charge is 2.05. The highest BCUT2D eigenvalue weighted by molar-refractivity contribution is 5.87. The molecule has 0 bridgehead atoms. The van der Waals surface area contributed by atoms with E-state index in [0.29, 0.717) is 10.8 Å². The van der Waals surface area contributed by atoms with Crippen LogP contribution in [-0.4, -0.2) is 9.67 Å². The number of aryl methyl sites for hydroxylation is 1. The van der Waals surface area contributed by atoms with Crippen LogP contribution in [-0.2, 0) is 7.05 Å². The highest BCUT2D eigenvalue weighted by atomic mass is 16.3. The van der Waals surface area contributed by atoms with Gasteiger partial charge in [0, 0.05) is 18.1 Å². The van der Waals surface area contributed by atoms with Crippen molar-refractivity contribution in [1.82, 2.24) is 4.57 Å². The summed E-state index contributed by atoms with van der Waals surface area (Å²) in [5.41, 5.74) is 0.764. The second-order valence-corrected chi connectivity index (χ2v) is 3.39. The standard InChI is InChI=1S/C11H11NO2/c1-7-6-9-8(11(14)12(7)2)4-3-5-10(9)13/h3-6,13H,1-2H3. The lowest BCUT2D eigenvalue weighted by Crippen LogP contribution is -2.18. The number of phenolic OH excluding ortho intramolecular Hbond substituents is 1. The number of aromatic nitrogens is 1. The Morgan fingerprint density at radius 2 is 2.00 bits per heavy atom. The van der Waals surface area contributed by atoms with Crippen LogP contribution in [0.1, 0.15) is 5.69 Å². The van der Waals surface area contributed by atoms with Gasteiger partial charge in [-0.1, -0.05) is 6.07 Å². The third-order valence-corrected chi connectivity index (χ3v) is 2.50. The zero-order valence-electron chi connectivity index (χ0n) is 8.11. The molecule has 3 heteroatoms. The van der Waals surface area contributed by atoms with E-state index in [1.807, 2.05) is 13.0 Å². The average molecular weight is 189 g/mol. The first kappa shape index (κ1) is 8.81. The van der Waals surface area contributed by atoms with Gasteiger partial charge in [0.2, 0.25) is 0 Å². The topological polar surface area (TPSA) is 42.2 Å². The van der Waals surface area contributed by atoms with Crippen molar-refractivity contribution in [1.29, 1.82) is 0 Å². The molecule has 0 fully saturated rings. The van der Waals surface area contributed by atoms with Crippen LogP contribution in [0.2, 0.25) is 0 Å². The fourth-order valence-electron chi connectivity index (χ4n) is 1.54. The summed E-state index contributed by atoms with van der Waals surface area (Å²) in [6, 6.07) is 6.79. The maximum atomic E-state index is 11.8. The van der Waals surface area contributed by atoms with Gasteiger partial charge < -0.3 is 9.67 Å². The molecule has 14 heavy (non-hydrogen) atoms. The van der Waals surface area contributed by atoms with Crippen molar-refractivity contribution >= 4 is 10.8 Å². The molecule has 1 N–H and O–H groups in total. The minimum Gasteiger partial charge on any atom is -0.507 e. The number of phenols is 1. The second-order valence-electron chi connectivity index (χ2n) is 3.39. The highest BCUT2D eigenvalue weighted by Crippen LogP contribution is 2.22. The number of benzene rings is 1. The van der Waals surface area contributed by atoms with Crippen LogP contribution >= 0.6 is 0 Å². The summed E-state index contributed by atoms with van der Waals surface area (Å²) in [5, 5.41) is 10.7. The first-order valence-corrected chi connectivity index (χ1v) is 4.39. The number of hydrogen-bond donors (Lipinski definition) is 1. The van der Waals surface area contributed by atoms with Gasteiger partial charge in [0.15, 0.2) is 0 Å². The van der Waals surface area contributed by atoms with E-state index < -0.39 is 0 Å². The molecule has 0 aliphatic carbocycles. The lowest BCUT2D eigenvalue weighted by Gasteiger charge is -2.06.